The second kappa shape index (κ2) is 4.74. The number of rotatable bonds is 2. The minimum atomic E-state index is -0.712. The van der Waals surface area contributed by atoms with Crippen LogP contribution in [0.15, 0.2) is 24.5 Å². The summed E-state index contributed by atoms with van der Waals surface area (Å²) in [6.45, 7) is 5.20. The van der Waals surface area contributed by atoms with E-state index in [0.29, 0.717) is 12.1 Å². The number of hydrogen-bond donors (Lipinski definition) is 0. The van der Waals surface area contributed by atoms with E-state index in [4.69, 9.17) is 4.74 Å². The molecule has 0 bridgehead atoms. The third-order valence-corrected chi connectivity index (χ3v) is 1.62. The third-order valence-electron chi connectivity index (χ3n) is 1.62. The maximum absolute atomic E-state index is 11.6. The zero-order chi connectivity index (χ0) is 12.2. The molecule has 0 saturated carbocycles. The molecule has 0 aromatic carbocycles. The average molecular weight is 222 g/mol. The predicted octanol–water partition coefficient (Wildman–Crippen LogP) is 1.98. The molecule has 5 heteroatoms. The Morgan fingerprint density at radius 3 is 2.62 bits per heavy atom. The van der Waals surface area contributed by atoms with Gasteiger partial charge in [-0.15, -0.1) is 0 Å². The number of amides is 2. The van der Waals surface area contributed by atoms with Crippen LogP contribution in [0.25, 0.3) is 0 Å². The largest absolute Gasteiger partial charge is 0.443 e. The van der Waals surface area contributed by atoms with E-state index in [9.17, 15) is 9.59 Å². The normalized spacial score (nSPS) is 10.7. The van der Waals surface area contributed by atoms with Crippen molar-refractivity contribution in [2.24, 2.45) is 0 Å². The number of nitrogens with zero attached hydrogens (tertiary/aromatic N) is 2. The highest BCUT2D eigenvalue weighted by molar-refractivity contribution is 6.03. The van der Waals surface area contributed by atoms with Gasteiger partial charge in [0.05, 0.1) is 11.9 Å². The maximum Gasteiger partial charge on any atom is 0.421 e. The summed E-state index contributed by atoms with van der Waals surface area (Å²) < 4.78 is 5.07. The lowest BCUT2D eigenvalue weighted by molar-refractivity contribution is -0.107. The van der Waals surface area contributed by atoms with Crippen molar-refractivity contribution in [3.8, 4) is 0 Å². The van der Waals surface area contributed by atoms with Crippen LogP contribution in [-0.4, -0.2) is 23.1 Å². The number of anilines is 1. The highest BCUT2D eigenvalue weighted by atomic mass is 16.6. The Balaban J connectivity index is 2.84. The van der Waals surface area contributed by atoms with Gasteiger partial charge in [-0.05, 0) is 32.9 Å². The lowest BCUT2D eigenvalue weighted by Gasteiger charge is -2.23. The summed E-state index contributed by atoms with van der Waals surface area (Å²) in [4.78, 5) is 27.2. The van der Waals surface area contributed by atoms with Crippen molar-refractivity contribution in [3.63, 3.8) is 0 Å². The summed E-state index contributed by atoms with van der Waals surface area (Å²) in [5.74, 6) is 0. The van der Waals surface area contributed by atoms with Crippen molar-refractivity contribution in [2.75, 3.05) is 4.90 Å². The van der Waals surface area contributed by atoms with E-state index < -0.39 is 11.7 Å². The van der Waals surface area contributed by atoms with E-state index in [1.54, 1.807) is 39.1 Å². The fraction of sp³-hybridized carbons (Fsp3) is 0.364. The fourth-order valence-electron chi connectivity index (χ4n) is 1.02. The second-order valence-electron chi connectivity index (χ2n) is 4.17. The number of carbonyl (C=O) groups is 2. The summed E-state index contributed by atoms with van der Waals surface area (Å²) in [6.07, 6.45) is 2.67. The molecule has 1 aromatic rings. The molecule has 1 aromatic heterocycles. The lowest BCUT2D eigenvalue weighted by Crippen LogP contribution is -2.36. The Hall–Kier alpha value is -1.91. The summed E-state index contributed by atoms with van der Waals surface area (Å²) >= 11 is 0. The van der Waals surface area contributed by atoms with Crippen molar-refractivity contribution in [1.82, 2.24) is 4.98 Å². The van der Waals surface area contributed by atoms with Crippen molar-refractivity contribution < 1.29 is 14.3 Å². The van der Waals surface area contributed by atoms with Gasteiger partial charge in [0.1, 0.15) is 5.60 Å². The molecule has 0 aliphatic heterocycles. The van der Waals surface area contributed by atoms with Gasteiger partial charge in [-0.25, -0.2) is 9.69 Å². The Bertz CT molecular complexity index is 371. The van der Waals surface area contributed by atoms with Crippen molar-refractivity contribution in [2.45, 2.75) is 26.4 Å². The van der Waals surface area contributed by atoms with Crippen LogP contribution >= 0.6 is 0 Å². The van der Waals surface area contributed by atoms with Crippen LogP contribution in [0.5, 0.6) is 0 Å². The number of hydrogen-bond acceptors (Lipinski definition) is 4. The van der Waals surface area contributed by atoms with Crippen LogP contribution in [-0.2, 0) is 9.53 Å². The fourth-order valence-corrected chi connectivity index (χ4v) is 1.02. The molecule has 0 N–H and O–H groups in total. The maximum atomic E-state index is 11.6. The van der Waals surface area contributed by atoms with Crippen molar-refractivity contribution in [1.29, 1.82) is 0 Å². The topological polar surface area (TPSA) is 59.5 Å². The molecule has 2 amide bonds. The first-order valence-corrected chi connectivity index (χ1v) is 4.81. The Morgan fingerprint density at radius 2 is 2.19 bits per heavy atom. The van der Waals surface area contributed by atoms with E-state index >= 15 is 0 Å². The minimum Gasteiger partial charge on any atom is -0.443 e. The van der Waals surface area contributed by atoms with E-state index in [1.165, 1.54) is 6.20 Å². The Morgan fingerprint density at radius 1 is 1.50 bits per heavy atom. The first-order chi connectivity index (χ1) is 7.44. The highest BCUT2D eigenvalue weighted by Crippen LogP contribution is 2.15. The molecule has 16 heavy (non-hydrogen) atoms. The third kappa shape index (κ3) is 3.34. The van der Waals surface area contributed by atoms with Crippen LogP contribution in [0.2, 0.25) is 0 Å². The predicted molar refractivity (Wildman–Crippen MR) is 59.0 cm³/mol. The highest BCUT2D eigenvalue weighted by Gasteiger charge is 2.22. The van der Waals surface area contributed by atoms with Gasteiger partial charge in [0.15, 0.2) is 0 Å². The van der Waals surface area contributed by atoms with Crippen molar-refractivity contribution in [3.05, 3.63) is 24.5 Å². The number of aromatic nitrogens is 1. The molecule has 86 valence electrons. The standard InChI is InChI=1S/C11H14N2O3/c1-11(2,3)16-10(15)13(8-14)9-5-4-6-12-7-9/h4-8H,1-3H3. The molecule has 0 unspecified atom stereocenters. The SMILES string of the molecule is CC(C)(C)OC(=O)N(C=O)c1cccnc1. The van der Waals surface area contributed by atoms with Gasteiger partial charge in [0.2, 0.25) is 6.41 Å². The van der Waals surface area contributed by atoms with Crippen LogP contribution in [0, 0.1) is 0 Å². The van der Waals surface area contributed by atoms with E-state index in [0.717, 1.165) is 4.90 Å². The average Bonchev–Trinajstić information content (AvgIpc) is 2.17. The zero-order valence-electron chi connectivity index (χ0n) is 9.51. The summed E-state index contributed by atoms with van der Waals surface area (Å²) in [6, 6.07) is 3.24. The first kappa shape index (κ1) is 12.2. The molecule has 1 heterocycles. The molecule has 0 aliphatic carbocycles. The van der Waals surface area contributed by atoms with Gasteiger partial charge in [-0.3, -0.25) is 9.78 Å². The molecular formula is C11H14N2O3. The number of imide groups is 1. The number of ether oxygens (including phenoxy) is 1. The van der Waals surface area contributed by atoms with Gasteiger partial charge < -0.3 is 4.74 Å². The van der Waals surface area contributed by atoms with Crippen LogP contribution < -0.4 is 4.90 Å². The van der Waals surface area contributed by atoms with Gasteiger partial charge >= 0.3 is 6.09 Å². The summed E-state index contributed by atoms with van der Waals surface area (Å²) in [5, 5.41) is 0. The molecule has 0 radical (unpaired) electrons. The molecule has 0 saturated heterocycles. The van der Waals surface area contributed by atoms with Crippen LogP contribution in [0.4, 0.5) is 10.5 Å². The van der Waals surface area contributed by atoms with Crippen LogP contribution in [0.3, 0.4) is 0 Å². The molecule has 1 rings (SSSR count). The van der Waals surface area contributed by atoms with E-state index in [1.807, 2.05) is 0 Å². The van der Waals surface area contributed by atoms with Crippen LogP contribution in [0.1, 0.15) is 20.8 Å². The Labute approximate surface area is 94.0 Å². The van der Waals surface area contributed by atoms with Gasteiger partial charge in [-0.1, -0.05) is 0 Å². The van der Waals surface area contributed by atoms with Gasteiger partial charge in [0, 0.05) is 6.20 Å². The van der Waals surface area contributed by atoms with Gasteiger partial charge in [0.25, 0.3) is 0 Å². The first-order valence-electron chi connectivity index (χ1n) is 4.81. The molecule has 0 atom stereocenters. The second-order valence-corrected chi connectivity index (χ2v) is 4.17. The number of carbonyl (C=O) groups excluding carboxylic acids is 2. The quantitative estimate of drug-likeness (QED) is 0.718. The van der Waals surface area contributed by atoms with Gasteiger partial charge in [-0.2, -0.15) is 0 Å². The zero-order valence-corrected chi connectivity index (χ0v) is 9.51. The Kier molecular flexibility index (Phi) is 3.60. The summed E-state index contributed by atoms with van der Waals surface area (Å²) in [7, 11) is 0. The smallest absolute Gasteiger partial charge is 0.421 e. The molecule has 0 fully saturated rings. The minimum absolute atomic E-state index is 0.381. The molecule has 0 aliphatic rings. The monoisotopic (exact) mass is 222 g/mol. The lowest BCUT2D eigenvalue weighted by atomic mass is 10.2. The van der Waals surface area contributed by atoms with E-state index in [2.05, 4.69) is 4.98 Å². The number of pyridine rings is 1. The molecular weight excluding hydrogens is 208 g/mol. The molecule has 5 nitrogen and oxygen atoms in total. The van der Waals surface area contributed by atoms with Crippen molar-refractivity contribution >= 4 is 18.2 Å². The van der Waals surface area contributed by atoms with E-state index in [-0.39, 0.29) is 0 Å². The summed E-state index contributed by atoms with van der Waals surface area (Å²) in [5.41, 5.74) is -0.257. The molecule has 0 spiro atoms.